The standard InChI is InChI=1S/C20H23BrN4O2/c1-22-20(24-12-14-9-15(21)7-8-18(14)27-2)23-11-13-10-19(26)25-17-6-4-3-5-16(13)17/h3-9,13H,10-12H2,1-2H3,(H,25,26)(H2,22,23,24). The molecule has 0 bridgehead atoms. The lowest BCUT2D eigenvalue weighted by molar-refractivity contribution is -0.116. The van der Waals surface area contributed by atoms with Crippen molar-refractivity contribution in [2.24, 2.45) is 4.99 Å². The van der Waals surface area contributed by atoms with Gasteiger partial charge in [-0.15, -0.1) is 0 Å². The number of benzene rings is 2. The van der Waals surface area contributed by atoms with E-state index in [0.29, 0.717) is 25.5 Å². The molecule has 1 aliphatic heterocycles. The van der Waals surface area contributed by atoms with Gasteiger partial charge in [-0.1, -0.05) is 34.1 Å². The number of rotatable bonds is 5. The molecule has 7 heteroatoms. The van der Waals surface area contributed by atoms with Crippen molar-refractivity contribution in [3.05, 3.63) is 58.1 Å². The summed E-state index contributed by atoms with van der Waals surface area (Å²) in [5.74, 6) is 1.65. The second-order valence-corrected chi connectivity index (χ2v) is 7.21. The molecule has 0 aliphatic carbocycles. The SMILES string of the molecule is CN=C(NCc1cc(Br)ccc1OC)NCC1CC(=O)Nc2ccccc21. The summed E-state index contributed by atoms with van der Waals surface area (Å²) in [7, 11) is 3.39. The van der Waals surface area contributed by atoms with E-state index < -0.39 is 0 Å². The zero-order valence-electron chi connectivity index (χ0n) is 15.4. The first-order valence-corrected chi connectivity index (χ1v) is 9.55. The molecule has 1 unspecified atom stereocenters. The molecule has 1 atom stereocenters. The van der Waals surface area contributed by atoms with Crippen LogP contribution in [0.3, 0.4) is 0 Å². The summed E-state index contributed by atoms with van der Waals surface area (Å²) >= 11 is 3.49. The summed E-state index contributed by atoms with van der Waals surface area (Å²) in [6.45, 7) is 1.20. The fourth-order valence-electron chi connectivity index (χ4n) is 3.19. The van der Waals surface area contributed by atoms with Crippen LogP contribution in [-0.4, -0.2) is 32.6 Å². The monoisotopic (exact) mass is 430 g/mol. The minimum absolute atomic E-state index is 0.0438. The summed E-state index contributed by atoms with van der Waals surface area (Å²) in [6, 6.07) is 13.8. The van der Waals surface area contributed by atoms with Crippen LogP contribution < -0.4 is 20.7 Å². The number of para-hydroxylation sites is 1. The number of hydrogen-bond donors (Lipinski definition) is 3. The van der Waals surface area contributed by atoms with Gasteiger partial charge in [-0.2, -0.15) is 0 Å². The number of carbonyl (C=O) groups excluding carboxylic acids is 1. The van der Waals surface area contributed by atoms with E-state index in [1.54, 1.807) is 14.2 Å². The molecule has 27 heavy (non-hydrogen) atoms. The van der Waals surface area contributed by atoms with Crippen molar-refractivity contribution >= 4 is 33.5 Å². The van der Waals surface area contributed by atoms with Crippen molar-refractivity contribution in [1.82, 2.24) is 10.6 Å². The average Bonchev–Trinajstić information content (AvgIpc) is 2.68. The summed E-state index contributed by atoms with van der Waals surface area (Å²) in [5, 5.41) is 9.55. The lowest BCUT2D eigenvalue weighted by atomic mass is 9.90. The van der Waals surface area contributed by atoms with Gasteiger partial charge in [0.2, 0.25) is 5.91 Å². The van der Waals surface area contributed by atoms with Gasteiger partial charge in [0.1, 0.15) is 5.75 Å². The minimum Gasteiger partial charge on any atom is -0.496 e. The van der Waals surface area contributed by atoms with E-state index in [1.807, 2.05) is 36.4 Å². The molecule has 142 valence electrons. The Morgan fingerprint density at radius 2 is 2.11 bits per heavy atom. The van der Waals surface area contributed by atoms with E-state index in [1.165, 1.54) is 0 Å². The first-order chi connectivity index (χ1) is 13.1. The highest BCUT2D eigenvalue weighted by atomic mass is 79.9. The van der Waals surface area contributed by atoms with Gasteiger partial charge in [-0.05, 0) is 29.8 Å². The Balaban J connectivity index is 1.62. The highest BCUT2D eigenvalue weighted by Gasteiger charge is 2.24. The number of hydrogen-bond acceptors (Lipinski definition) is 3. The molecule has 2 aromatic carbocycles. The third-order valence-electron chi connectivity index (χ3n) is 4.53. The Bertz CT molecular complexity index is 854. The van der Waals surface area contributed by atoms with Crippen molar-refractivity contribution in [1.29, 1.82) is 0 Å². The van der Waals surface area contributed by atoms with E-state index in [4.69, 9.17) is 4.74 Å². The predicted octanol–water partition coefficient (Wildman–Crippen LogP) is 3.25. The molecule has 0 fully saturated rings. The molecule has 1 heterocycles. The van der Waals surface area contributed by atoms with Crippen molar-refractivity contribution in [2.45, 2.75) is 18.9 Å². The van der Waals surface area contributed by atoms with Crippen LogP contribution in [-0.2, 0) is 11.3 Å². The van der Waals surface area contributed by atoms with Gasteiger partial charge in [-0.3, -0.25) is 9.79 Å². The van der Waals surface area contributed by atoms with Crippen molar-refractivity contribution in [3.8, 4) is 5.75 Å². The van der Waals surface area contributed by atoms with E-state index >= 15 is 0 Å². The second-order valence-electron chi connectivity index (χ2n) is 6.30. The number of aliphatic imine (C=N–C) groups is 1. The van der Waals surface area contributed by atoms with Crippen LogP contribution >= 0.6 is 15.9 Å². The van der Waals surface area contributed by atoms with Gasteiger partial charge in [0.25, 0.3) is 0 Å². The molecule has 3 N–H and O–H groups in total. The Morgan fingerprint density at radius 3 is 2.89 bits per heavy atom. The van der Waals surface area contributed by atoms with Gasteiger partial charge in [0, 0.05) is 48.2 Å². The minimum atomic E-state index is 0.0438. The number of halogens is 1. The molecule has 0 aromatic heterocycles. The Kier molecular flexibility index (Phi) is 6.34. The summed E-state index contributed by atoms with van der Waals surface area (Å²) in [5.41, 5.74) is 3.06. The van der Waals surface area contributed by atoms with Gasteiger partial charge in [-0.25, -0.2) is 0 Å². The molecule has 6 nitrogen and oxygen atoms in total. The predicted molar refractivity (Wildman–Crippen MR) is 111 cm³/mol. The highest BCUT2D eigenvalue weighted by Crippen LogP contribution is 2.31. The number of nitrogens with zero attached hydrogens (tertiary/aromatic N) is 1. The van der Waals surface area contributed by atoms with Gasteiger partial charge in [0.05, 0.1) is 7.11 Å². The smallest absolute Gasteiger partial charge is 0.225 e. The van der Waals surface area contributed by atoms with Gasteiger partial charge >= 0.3 is 0 Å². The van der Waals surface area contributed by atoms with E-state index in [0.717, 1.165) is 27.0 Å². The molecule has 0 saturated heterocycles. The van der Waals surface area contributed by atoms with Gasteiger partial charge in [0.15, 0.2) is 5.96 Å². The lowest BCUT2D eigenvalue weighted by Gasteiger charge is -2.26. The lowest BCUT2D eigenvalue weighted by Crippen LogP contribution is -2.40. The Labute approximate surface area is 167 Å². The number of anilines is 1. The van der Waals surface area contributed by atoms with E-state index in [2.05, 4.69) is 42.9 Å². The first-order valence-electron chi connectivity index (χ1n) is 8.76. The number of carbonyl (C=O) groups is 1. The van der Waals surface area contributed by atoms with E-state index in [-0.39, 0.29) is 11.8 Å². The molecule has 2 aromatic rings. The third kappa shape index (κ3) is 4.80. The van der Waals surface area contributed by atoms with Crippen LogP contribution in [0.15, 0.2) is 51.9 Å². The summed E-state index contributed by atoms with van der Waals surface area (Å²) in [4.78, 5) is 16.2. The number of fused-ring (bicyclic) bond motifs is 1. The topological polar surface area (TPSA) is 74.8 Å². The maximum atomic E-state index is 12.0. The van der Waals surface area contributed by atoms with Crippen LogP contribution in [0.5, 0.6) is 5.75 Å². The van der Waals surface area contributed by atoms with Crippen LogP contribution in [0.25, 0.3) is 0 Å². The quantitative estimate of drug-likeness (QED) is 0.502. The largest absolute Gasteiger partial charge is 0.496 e. The third-order valence-corrected chi connectivity index (χ3v) is 5.03. The van der Waals surface area contributed by atoms with Gasteiger partial charge < -0.3 is 20.7 Å². The summed E-state index contributed by atoms with van der Waals surface area (Å²) < 4.78 is 6.40. The normalized spacial score (nSPS) is 16.3. The number of nitrogens with one attached hydrogen (secondary N) is 3. The maximum absolute atomic E-state index is 12.0. The fourth-order valence-corrected chi connectivity index (χ4v) is 3.60. The van der Waals surface area contributed by atoms with E-state index in [9.17, 15) is 4.79 Å². The van der Waals surface area contributed by atoms with Crippen LogP contribution in [0, 0.1) is 0 Å². The van der Waals surface area contributed by atoms with Crippen molar-refractivity contribution in [2.75, 3.05) is 26.0 Å². The molecule has 1 aliphatic rings. The maximum Gasteiger partial charge on any atom is 0.225 e. The number of guanidine groups is 1. The molecule has 1 amide bonds. The zero-order chi connectivity index (χ0) is 19.2. The molecule has 0 spiro atoms. The highest BCUT2D eigenvalue weighted by molar-refractivity contribution is 9.10. The molecule has 3 rings (SSSR count). The Hall–Kier alpha value is -2.54. The van der Waals surface area contributed by atoms with Crippen LogP contribution in [0.2, 0.25) is 0 Å². The fraction of sp³-hybridized carbons (Fsp3) is 0.300. The molecular weight excluding hydrogens is 408 g/mol. The molecular formula is C20H23BrN4O2. The number of amides is 1. The molecule has 0 radical (unpaired) electrons. The van der Waals surface area contributed by atoms with Crippen LogP contribution in [0.1, 0.15) is 23.5 Å². The van der Waals surface area contributed by atoms with Crippen LogP contribution in [0.4, 0.5) is 5.69 Å². The second kappa shape index (κ2) is 8.90. The number of ether oxygens (including phenoxy) is 1. The average molecular weight is 431 g/mol. The number of methoxy groups -OCH3 is 1. The van der Waals surface area contributed by atoms with Crippen molar-refractivity contribution in [3.63, 3.8) is 0 Å². The first kappa shape index (κ1) is 19.2. The summed E-state index contributed by atoms with van der Waals surface area (Å²) in [6.07, 6.45) is 0.459. The zero-order valence-corrected chi connectivity index (χ0v) is 17.0. The van der Waals surface area contributed by atoms with Crippen molar-refractivity contribution < 1.29 is 9.53 Å². The Morgan fingerprint density at radius 1 is 1.30 bits per heavy atom. The molecule has 0 saturated carbocycles.